The predicted octanol–water partition coefficient (Wildman–Crippen LogP) is 1.16. The van der Waals surface area contributed by atoms with Gasteiger partial charge >= 0.3 is 11.7 Å². The number of benzene rings is 2. The summed E-state index contributed by atoms with van der Waals surface area (Å²) in [4.78, 5) is 53.3. The van der Waals surface area contributed by atoms with E-state index in [0.29, 0.717) is 22.3 Å². The number of anilines is 1. The number of H-pyrrole nitrogens is 2. The summed E-state index contributed by atoms with van der Waals surface area (Å²) >= 11 is 0. The first-order chi connectivity index (χ1) is 13.0. The quantitative estimate of drug-likeness (QED) is 0.517. The highest BCUT2D eigenvalue weighted by molar-refractivity contribution is 6.05. The second kappa shape index (κ2) is 6.45. The van der Waals surface area contributed by atoms with Crippen molar-refractivity contribution in [1.29, 1.82) is 0 Å². The van der Waals surface area contributed by atoms with Gasteiger partial charge in [-0.2, -0.15) is 0 Å². The van der Waals surface area contributed by atoms with E-state index in [1.165, 1.54) is 0 Å². The summed E-state index contributed by atoms with van der Waals surface area (Å²) in [6.45, 7) is 0.167. The minimum Gasteiger partial charge on any atom is -0.329 e. The Kier molecular flexibility index (Phi) is 3.96. The zero-order chi connectivity index (χ0) is 19.0. The van der Waals surface area contributed by atoms with Crippen LogP contribution in [0.4, 0.5) is 10.5 Å². The van der Waals surface area contributed by atoms with Crippen molar-refractivity contribution < 1.29 is 14.4 Å². The summed E-state index contributed by atoms with van der Waals surface area (Å²) in [5.41, 5.74) is 2.66. The zero-order valence-corrected chi connectivity index (χ0v) is 14.0. The SMILES string of the molecule is O=C(Nc1ccc2[nH]c(=O)[nH]c2c1)c1ccc(CN2C(=O)CNC2=O)cc1. The second-order valence-electron chi connectivity index (χ2n) is 6.13. The fourth-order valence-corrected chi connectivity index (χ4v) is 2.87. The number of aromatic nitrogens is 2. The first-order valence-electron chi connectivity index (χ1n) is 8.20. The minimum atomic E-state index is -0.417. The van der Waals surface area contributed by atoms with Crippen molar-refractivity contribution in [1.82, 2.24) is 20.2 Å². The van der Waals surface area contributed by atoms with Gasteiger partial charge in [0.25, 0.3) is 5.91 Å². The summed E-state index contributed by atoms with van der Waals surface area (Å²) < 4.78 is 0. The first-order valence-corrected chi connectivity index (χ1v) is 8.20. The van der Waals surface area contributed by atoms with Crippen molar-refractivity contribution in [2.75, 3.05) is 11.9 Å². The Morgan fingerprint density at radius 2 is 1.74 bits per heavy atom. The van der Waals surface area contributed by atoms with Crippen molar-refractivity contribution in [2.24, 2.45) is 0 Å². The van der Waals surface area contributed by atoms with E-state index in [1.807, 2.05) is 0 Å². The molecule has 2 heterocycles. The molecule has 0 unspecified atom stereocenters. The van der Waals surface area contributed by atoms with E-state index in [9.17, 15) is 19.2 Å². The smallest absolute Gasteiger partial charge is 0.324 e. The molecule has 4 rings (SSSR count). The molecule has 0 spiro atoms. The molecule has 9 nitrogen and oxygen atoms in total. The van der Waals surface area contributed by atoms with E-state index in [0.717, 1.165) is 10.5 Å². The van der Waals surface area contributed by atoms with Crippen LogP contribution in [-0.2, 0) is 11.3 Å². The van der Waals surface area contributed by atoms with Crippen LogP contribution < -0.4 is 16.3 Å². The van der Waals surface area contributed by atoms with Gasteiger partial charge in [0, 0.05) is 11.3 Å². The predicted molar refractivity (Wildman–Crippen MR) is 97.3 cm³/mol. The number of imide groups is 1. The Morgan fingerprint density at radius 1 is 1.00 bits per heavy atom. The topological polar surface area (TPSA) is 127 Å². The highest BCUT2D eigenvalue weighted by Crippen LogP contribution is 2.16. The summed E-state index contributed by atoms with van der Waals surface area (Å²) in [6.07, 6.45) is 0. The van der Waals surface area contributed by atoms with Gasteiger partial charge < -0.3 is 20.6 Å². The van der Waals surface area contributed by atoms with Crippen LogP contribution in [0.25, 0.3) is 11.0 Å². The lowest BCUT2D eigenvalue weighted by molar-refractivity contribution is -0.125. The average molecular weight is 365 g/mol. The van der Waals surface area contributed by atoms with Gasteiger partial charge in [0.1, 0.15) is 0 Å². The Hall–Kier alpha value is -3.88. The number of fused-ring (bicyclic) bond motifs is 1. The molecule has 1 aliphatic heterocycles. The Bertz CT molecular complexity index is 1100. The maximum atomic E-state index is 12.4. The van der Waals surface area contributed by atoms with Gasteiger partial charge in [-0.25, -0.2) is 9.59 Å². The van der Waals surface area contributed by atoms with Gasteiger partial charge in [-0.15, -0.1) is 0 Å². The molecular weight excluding hydrogens is 350 g/mol. The zero-order valence-electron chi connectivity index (χ0n) is 14.0. The molecule has 1 aromatic heterocycles. The van der Waals surface area contributed by atoms with Crippen molar-refractivity contribution in [3.8, 4) is 0 Å². The number of carbonyl (C=O) groups excluding carboxylic acids is 3. The number of aromatic amines is 2. The van der Waals surface area contributed by atoms with Crippen LogP contribution in [0.3, 0.4) is 0 Å². The summed E-state index contributed by atoms with van der Waals surface area (Å²) in [5, 5.41) is 5.22. The lowest BCUT2D eigenvalue weighted by atomic mass is 10.1. The van der Waals surface area contributed by atoms with Gasteiger partial charge in [-0.05, 0) is 35.9 Å². The molecule has 0 saturated carbocycles. The third-order valence-corrected chi connectivity index (χ3v) is 4.27. The normalized spacial score (nSPS) is 13.9. The molecule has 1 fully saturated rings. The van der Waals surface area contributed by atoms with E-state index in [1.54, 1.807) is 42.5 Å². The fourth-order valence-electron chi connectivity index (χ4n) is 2.87. The van der Waals surface area contributed by atoms with Crippen molar-refractivity contribution in [2.45, 2.75) is 6.54 Å². The van der Waals surface area contributed by atoms with Crippen LogP contribution in [0.1, 0.15) is 15.9 Å². The first kappa shape index (κ1) is 16.6. The van der Waals surface area contributed by atoms with Crippen molar-refractivity contribution in [3.63, 3.8) is 0 Å². The monoisotopic (exact) mass is 365 g/mol. The maximum Gasteiger partial charge on any atom is 0.324 e. The molecule has 0 aliphatic carbocycles. The number of carbonyl (C=O) groups is 3. The molecule has 4 amide bonds. The molecule has 9 heteroatoms. The number of hydrogen-bond acceptors (Lipinski definition) is 4. The molecule has 4 N–H and O–H groups in total. The molecule has 2 aromatic carbocycles. The number of amides is 4. The summed E-state index contributed by atoms with van der Waals surface area (Å²) in [7, 11) is 0. The van der Waals surface area contributed by atoms with E-state index >= 15 is 0 Å². The highest BCUT2D eigenvalue weighted by atomic mass is 16.2. The van der Waals surface area contributed by atoms with Crippen molar-refractivity contribution >= 4 is 34.6 Å². The van der Waals surface area contributed by atoms with E-state index in [2.05, 4.69) is 20.6 Å². The van der Waals surface area contributed by atoms with Gasteiger partial charge in [-0.1, -0.05) is 12.1 Å². The van der Waals surface area contributed by atoms with Crippen molar-refractivity contribution in [3.05, 3.63) is 64.1 Å². The number of nitrogens with zero attached hydrogens (tertiary/aromatic N) is 1. The Morgan fingerprint density at radius 3 is 2.44 bits per heavy atom. The number of imidazole rings is 1. The Balaban J connectivity index is 1.46. The Labute approximate surface area is 152 Å². The molecule has 1 saturated heterocycles. The van der Waals surface area contributed by atoms with Gasteiger partial charge in [-0.3, -0.25) is 14.5 Å². The maximum absolute atomic E-state index is 12.4. The van der Waals surface area contributed by atoms with Crippen LogP contribution >= 0.6 is 0 Å². The summed E-state index contributed by atoms with van der Waals surface area (Å²) in [6, 6.07) is 11.3. The van der Waals surface area contributed by atoms with E-state index in [4.69, 9.17) is 0 Å². The molecule has 3 aromatic rings. The standard InChI is InChI=1S/C18H15N5O4/c24-15-8-19-18(27)23(15)9-10-1-3-11(4-2-10)16(25)20-12-5-6-13-14(7-12)22-17(26)21-13/h1-7H,8-9H2,(H,19,27)(H,20,25)(H2,21,22,26). The van der Waals surface area contributed by atoms with E-state index < -0.39 is 6.03 Å². The minimum absolute atomic E-state index is 0.01000. The third kappa shape index (κ3) is 3.30. The lowest BCUT2D eigenvalue weighted by Crippen LogP contribution is -2.30. The highest BCUT2D eigenvalue weighted by Gasteiger charge is 2.28. The molecule has 0 atom stereocenters. The lowest BCUT2D eigenvalue weighted by Gasteiger charge is -2.12. The second-order valence-corrected chi connectivity index (χ2v) is 6.13. The molecule has 0 radical (unpaired) electrons. The molecular formula is C18H15N5O4. The van der Waals surface area contributed by atoms with Crippen LogP contribution in [0.15, 0.2) is 47.3 Å². The molecule has 0 bridgehead atoms. The van der Waals surface area contributed by atoms with Gasteiger partial charge in [0.05, 0.1) is 24.1 Å². The summed E-state index contributed by atoms with van der Waals surface area (Å²) in [5.74, 6) is -0.589. The van der Waals surface area contributed by atoms with Gasteiger partial charge in [0.15, 0.2) is 0 Å². The van der Waals surface area contributed by atoms with Gasteiger partial charge in [0.2, 0.25) is 5.91 Å². The van der Waals surface area contributed by atoms with Crippen LogP contribution in [0.2, 0.25) is 0 Å². The molecule has 1 aliphatic rings. The largest absolute Gasteiger partial charge is 0.329 e. The average Bonchev–Trinajstić information content (AvgIpc) is 3.17. The van der Waals surface area contributed by atoms with E-state index in [-0.39, 0.29) is 30.6 Å². The molecule has 136 valence electrons. The van der Waals surface area contributed by atoms with Crippen LogP contribution in [0, 0.1) is 0 Å². The van der Waals surface area contributed by atoms with Crippen LogP contribution in [-0.4, -0.2) is 39.3 Å². The molecule has 27 heavy (non-hydrogen) atoms. The fraction of sp³-hybridized carbons (Fsp3) is 0.111. The number of urea groups is 1. The van der Waals surface area contributed by atoms with Crippen LogP contribution in [0.5, 0.6) is 0 Å². The third-order valence-electron chi connectivity index (χ3n) is 4.27. The number of hydrogen-bond donors (Lipinski definition) is 4. The number of rotatable bonds is 4. The number of nitrogens with one attached hydrogen (secondary N) is 4.